The van der Waals surface area contributed by atoms with Crippen LogP contribution in [0.4, 0.5) is 5.69 Å². The number of anilines is 1. The highest BCUT2D eigenvalue weighted by Gasteiger charge is 2.50. The van der Waals surface area contributed by atoms with Gasteiger partial charge in [-0.2, -0.15) is 0 Å². The van der Waals surface area contributed by atoms with Crippen LogP contribution in [0.5, 0.6) is 23.0 Å². The van der Waals surface area contributed by atoms with Crippen LogP contribution in [0.15, 0.2) is 77.7 Å². The number of methoxy groups -OCH3 is 1. The Hall–Kier alpha value is -6.16. The van der Waals surface area contributed by atoms with E-state index in [2.05, 4.69) is 10.5 Å². The van der Waals surface area contributed by atoms with E-state index in [-0.39, 0.29) is 51.1 Å². The number of amides is 1. The summed E-state index contributed by atoms with van der Waals surface area (Å²) in [5.41, 5.74) is 0.758. The van der Waals surface area contributed by atoms with Gasteiger partial charge in [0.15, 0.2) is 5.75 Å². The summed E-state index contributed by atoms with van der Waals surface area (Å²) in [5.74, 6) is -8.59. The molecule has 0 saturated carbocycles. The van der Waals surface area contributed by atoms with Crippen molar-refractivity contribution in [3.05, 3.63) is 94.8 Å². The van der Waals surface area contributed by atoms with Crippen LogP contribution in [0.3, 0.4) is 0 Å². The lowest BCUT2D eigenvalue weighted by Crippen LogP contribution is -2.46. The zero-order chi connectivity index (χ0) is 46.5. The lowest BCUT2D eigenvalue weighted by atomic mass is 9.78. The van der Waals surface area contributed by atoms with E-state index >= 15 is 0 Å². The average molecular weight is 871 g/mol. The number of aliphatic hydroxyl groups is 2. The molecular weight excluding hydrogens is 813 g/mol. The molecule has 3 aliphatic rings. The van der Waals surface area contributed by atoms with Gasteiger partial charge in [-0.05, 0) is 44.6 Å². The minimum Gasteiger partial charge on any atom is -0.507 e. The molecule has 0 spiro atoms. The number of aromatic hydroxyl groups is 3. The van der Waals surface area contributed by atoms with Crippen molar-refractivity contribution in [2.45, 2.75) is 99.1 Å². The Morgan fingerprint density at radius 2 is 1.60 bits per heavy atom. The van der Waals surface area contributed by atoms with Gasteiger partial charge in [0.25, 0.3) is 11.7 Å². The number of oxime groups is 1. The Morgan fingerprint density at radius 1 is 0.921 bits per heavy atom. The number of nitrogens with one attached hydrogen (secondary N) is 1. The number of hydrogen-bond donors (Lipinski definition) is 6. The molecule has 9 unspecified atom stereocenters. The van der Waals surface area contributed by atoms with Gasteiger partial charge in [-0.25, -0.2) is 0 Å². The van der Waals surface area contributed by atoms with Crippen molar-refractivity contribution in [2.75, 3.05) is 12.4 Å². The predicted molar refractivity (Wildman–Crippen MR) is 237 cm³/mol. The highest BCUT2D eigenvalue weighted by atomic mass is 16.7. The van der Waals surface area contributed by atoms with E-state index in [9.17, 15) is 39.9 Å². The summed E-state index contributed by atoms with van der Waals surface area (Å²) >= 11 is 0. The summed E-state index contributed by atoms with van der Waals surface area (Å²) in [6, 6.07) is 9.36. The van der Waals surface area contributed by atoms with Crippen molar-refractivity contribution in [3.63, 3.8) is 0 Å². The van der Waals surface area contributed by atoms with E-state index in [1.807, 2.05) is 30.3 Å². The maximum atomic E-state index is 14.5. The van der Waals surface area contributed by atoms with Gasteiger partial charge in [0.1, 0.15) is 30.0 Å². The smallest absolute Gasteiger partial charge is 0.312 e. The van der Waals surface area contributed by atoms with Crippen molar-refractivity contribution >= 4 is 45.9 Å². The molecule has 6 rings (SSSR count). The molecular formula is C48H58N2O13. The number of fused-ring (bicyclic) bond motifs is 14. The molecule has 0 saturated heterocycles. The molecule has 3 aliphatic heterocycles. The standard InChI is InChI=1S/C48H58N2O13/c1-24-15-14-16-25(2)47(58)49-38-33(20-19-26(3)50-61-23-32-17-12-11-13-18-32)42(55)35-36(43(38)56)41(54)30(7)45-37(35)46(57)48(9,63-45)60-22-21-34(59-10)27(4)44(62-31(8)51)29(6)40(53)28(5)39(24)52/h11-22,24,27-29,34,39-40,44,52-56H,23H2,1-10H3,(H,49,58)/b15-14-,20-19-,22-21-,25-16-,50-26-. The zero-order valence-electron chi connectivity index (χ0n) is 37.2. The van der Waals surface area contributed by atoms with Crippen LogP contribution in [0.1, 0.15) is 82.4 Å². The zero-order valence-corrected chi connectivity index (χ0v) is 37.2. The molecule has 1 amide bonds. The molecule has 9 atom stereocenters. The van der Waals surface area contributed by atoms with Gasteiger partial charge in [-0.15, -0.1) is 0 Å². The number of phenols is 3. The number of carbonyl (C=O) groups is 3. The summed E-state index contributed by atoms with van der Waals surface area (Å²) in [5, 5.41) is 64.8. The molecule has 3 aromatic rings. The molecule has 338 valence electrons. The van der Waals surface area contributed by atoms with Gasteiger partial charge in [0.05, 0.1) is 46.9 Å². The second kappa shape index (κ2) is 19.9. The Labute approximate surface area is 367 Å². The number of allylic oxidation sites excluding steroid dienone is 3. The summed E-state index contributed by atoms with van der Waals surface area (Å²) in [6.07, 6.45) is 6.29. The number of Topliss-reactive ketones (excluding diaryl/α,β-unsaturated/α-hetero) is 1. The quantitative estimate of drug-likeness (QED) is 0.0450. The van der Waals surface area contributed by atoms with Gasteiger partial charge in [0, 0.05) is 66.7 Å². The number of aliphatic hydroxyl groups excluding tert-OH is 2. The number of ketones is 1. The van der Waals surface area contributed by atoms with Crippen molar-refractivity contribution in [1.82, 2.24) is 0 Å². The molecule has 63 heavy (non-hydrogen) atoms. The van der Waals surface area contributed by atoms with E-state index in [4.69, 9.17) is 23.8 Å². The van der Waals surface area contributed by atoms with E-state index < -0.39 is 88.8 Å². The minimum atomic E-state index is -2.07. The highest BCUT2D eigenvalue weighted by molar-refractivity contribution is 6.23. The molecule has 0 aliphatic carbocycles. The van der Waals surface area contributed by atoms with Crippen LogP contribution in [0.2, 0.25) is 0 Å². The van der Waals surface area contributed by atoms with E-state index in [1.165, 1.54) is 65.4 Å². The number of esters is 1. The Morgan fingerprint density at radius 3 is 2.25 bits per heavy atom. The number of hydrogen-bond acceptors (Lipinski definition) is 14. The maximum absolute atomic E-state index is 14.5. The van der Waals surface area contributed by atoms with Crippen LogP contribution in [-0.2, 0) is 35.2 Å². The summed E-state index contributed by atoms with van der Waals surface area (Å²) in [4.78, 5) is 46.2. The van der Waals surface area contributed by atoms with Gasteiger partial charge >= 0.3 is 11.8 Å². The Balaban J connectivity index is 1.68. The lowest BCUT2D eigenvalue weighted by Gasteiger charge is -2.38. The molecule has 15 nitrogen and oxygen atoms in total. The third-order valence-corrected chi connectivity index (χ3v) is 11.8. The molecule has 6 N–H and O–H groups in total. The van der Waals surface area contributed by atoms with Crippen LogP contribution in [0, 0.1) is 30.6 Å². The number of ether oxygens (including phenoxy) is 4. The minimum absolute atomic E-state index is 0.0356. The molecule has 3 heterocycles. The van der Waals surface area contributed by atoms with E-state index in [1.54, 1.807) is 46.8 Å². The molecule has 5 bridgehead atoms. The van der Waals surface area contributed by atoms with Crippen LogP contribution < -0.4 is 10.1 Å². The third kappa shape index (κ3) is 10.1. The van der Waals surface area contributed by atoms with Crippen molar-refractivity contribution in [2.24, 2.45) is 28.8 Å². The summed E-state index contributed by atoms with van der Waals surface area (Å²) < 4.78 is 23.6. The predicted octanol–water partition coefficient (Wildman–Crippen LogP) is 7.36. The van der Waals surface area contributed by atoms with Crippen LogP contribution >= 0.6 is 0 Å². The maximum Gasteiger partial charge on any atom is 0.312 e. The molecule has 0 fully saturated rings. The number of nitrogens with zero attached hydrogens (tertiary/aromatic N) is 1. The van der Waals surface area contributed by atoms with Gasteiger partial charge < -0.3 is 54.6 Å². The largest absolute Gasteiger partial charge is 0.507 e. The SMILES string of the molecule is COC1/C=C\OC2(C)Oc3c(C)c(O)c4c(O)c(c(/C=C\C(C)=N/OCc5ccccc5)c(O)c4c3C2=O)NC(=O)/C(C)=C\C=C/C(C)C(O)C(C)C(O)C(C)C(OC(C)=O)C1C. The fourth-order valence-corrected chi connectivity index (χ4v) is 7.93. The van der Waals surface area contributed by atoms with Crippen LogP contribution in [0.25, 0.3) is 16.8 Å². The second-order valence-electron chi connectivity index (χ2n) is 16.4. The van der Waals surface area contributed by atoms with Crippen LogP contribution in [-0.4, -0.2) is 86.2 Å². The fourth-order valence-electron chi connectivity index (χ4n) is 7.93. The first-order valence-corrected chi connectivity index (χ1v) is 20.7. The fraction of sp³-hybridized carbons (Fsp3) is 0.417. The monoisotopic (exact) mass is 870 g/mol. The first kappa shape index (κ1) is 47.9. The third-order valence-electron chi connectivity index (χ3n) is 11.8. The van der Waals surface area contributed by atoms with Gasteiger partial charge in [0.2, 0.25) is 0 Å². The Bertz CT molecular complexity index is 2370. The molecule has 0 radical (unpaired) electrons. The van der Waals surface area contributed by atoms with Gasteiger partial charge in [-0.1, -0.05) is 81.4 Å². The number of phenolic OH excluding ortho intramolecular Hbond substituents is 3. The Kier molecular flexibility index (Phi) is 15.1. The molecule has 0 aromatic heterocycles. The van der Waals surface area contributed by atoms with Crippen molar-refractivity contribution < 1.29 is 63.7 Å². The number of rotatable bonds is 7. The van der Waals surface area contributed by atoms with Gasteiger partial charge in [-0.3, -0.25) is 14.4 Å². The number of carbonyl (C=O) groups excluding carboxylic acids is 3. The summed E-state index contributed by atoms with van der Waals surface area (Å²) in [7, 11) is 1.43. The number of benzene rings is 3. The second-order valence-corrected chi connectivity index (χ2v) is 16.4. The van der Waals surface area contributed by atoms with E-state index in [0.717, 1.165) is 5.56 Å². The topological polar surface area (TPSA) is 223 Å². The van der Waals surface area contributed by atoms with Crippen molar-refractivity contribution in [3.8, 4) is 23.0 Å². The average Bonchev–Trinajstić information content (AvgIpc) is 3.52. The molecule has 3 aromatic carbocycles. The van der Waals surface area contributed by atoms with E-state index in [0.29, 0.717) is 5.71 Å². The summed E-state index contributed by atoms with van der Waals surface area (Å²) in [6.45, 7) is 14.3. The normalized spacial score (nSPS) is 29.1. The molecule has 15 heteroatoms. The highest BCUT2D eigenvalue weighted by Crippen LogP contribution is 2.55. The van der Waals surface area contributed by atoms with Crippen molar-refractivity contribution in [1.29, 1.82) is 0 Å². The first-order valence-electron chi connectivity index (χ1n) is 20.7. The lowest BCUT2D eigenvalue weighted by molar-refractivity contribution is -0.160. The first-order chi connectivity index (χ1) is 29.7.